The van der Waals surface area contributed by atoms with E-state index < -0.39 is 0 Å². The van der Waals surface area contributed by atoms with Crippen LogP contribution in [0.5, 0.6) is 17.2 Å². The van der Waals surface area contributed by atoms with Gasteiger partial charge in [0.1, 0.15) is 17.2 Å². The van der Waals surface area contributed by atoms with Gasteiger partial charge in [0.05, 0.1) is 12.5 Å². The number of likely N-dealkylation sites (tertiary alicyclic amines) is 1. The minimum absolute atomic E-state index is 0.0562. The number of hydrogen-bond acceptors (Lipinski definition) is 9. The lowest BCUT2D eigenvalue weighted by molar-refractivity contribution is -0.130. The molecule has 11 heteroatoms. The molecule has 3 heterocycles. The van der Waals surface area contributed by atoms with Crippen molar-refractivity contribution >= 4 is 28.3 Å². The van der Waals surface area contributed by atoms with Gasteiger partial charge in [0.2, 0.25) is 17.7 Å². The molecule has 1 unspecified atom stereocenters. The Morgan fingerprint density at radius 3 is 2.64 bits per heavy atom. The standard InChI is InChI=1S/C25H23N5O5S/c1-15-28-29-23(34-15)16-3-5-19(6-4-16)35-21-12-18(22(31)27-25-26-8-10-36-25)11-20(13-21)33-14-17-7-9-30(2)24(17)32/h3-6,8,10-13,17H,7,9,14H2,1-2H3,(H,26,27,31). The van der Waals surface area contributed by atoms with Gasteiger partial charge in [-0.05, 0) is 42.8 Å². The third-order valence-corrected chi connectivity index (χ3v) is 6.34. The van der Waals surface area contributed by atoms with E-state index in [4.69, 9.17) is 13.9 Å². The fourth-order valence-corrected chi connectivity index (χ4v) is 4.28. The van der Waals surface area contributed by atoms with E-state index in [0.29, 0.717) is 46.3 Å². The Hall–Kier alpha value is -4.25. The van der Waals surface area contributed by atoms with Crippen LogP contribution in [0.25, 0.3) is 11.5 Å². The predicted octanol–water partition coefficient (Wildman–Crippen LogP) is 4.40. The smallest absolute Gasteiger partial charge is 0.257 e. The highest BCUT2D eigenvalue weighted by atomic mass is 32.1. The van der Waals surface area contributed by atoms with E-state index in [2.05, 4.69) is 20.5 Å². The number of ether oxygens (including phenoxy) is 2. The van der Waals surface area contributed by atoms with Crippen molar-refractivity contribution in [1.82, 2.24) is 20.1 Å². The Bertz CT molecular complexity index is 1370. The second kappa shape index (κ2) is 10.2. The number of carbonyl (C=O) groups is 2. The summed E-state index contributed by atoms with van der Waals surface area (Å²) in [6, 6.07) is 12.1. The number of hydrogen-bond donors (Lipinski definition) is 1. The Morgan fingerprint density at radius 2 is 1.97 bits per heavy atom. The molecule has 4 aromatic rings. The van der Waals surface area contributed by atoms with Crippen LogP contribution in [0, 0.1) is 12.8 Å². The van der Waals surface area contributed by atoms with Gasteiger partial charge in [-0.1, -0.05) is 0 Å². The summed E-state index contributed by atoms with van der Waals surface area (Å²) in [6.07, 6.45) is 2.35. The summed E-state index contributed by atoms with van der Waals surface area (Å²) in [5.74, 6) is 1.78. The van der Waals surface area contributed by atoms with Crippen molar-refractivity contribution < 1.29 is 23.5 Å². The number of nitrogens with zero attached hydrogens (tertiary/aromatic N) is 4. The minimum atomic E-state index is -0.348. The number of benzene rings is 2. The lowest BCUT2D eigenvalue weighted by Gasteiger charge is -2.14. The van der Waals surface area contributed by atoms with Crippen LogP contribution in [0.1, 0.15) is 22.7 Å². The van der Waals surface area contributed by atoms with Gasteiger partial charge in [-0.25, -0.2) is 4.98 Å². The number of aromatic nitrogens is 3. The van der Waals surface area contributed by atoms with Crippen molar-refractivity contribution in [3.05, 3.63) is 65.5 Å². The van der Waals surface area contributed by atoms with Crippen molar-refractivity contribution in [2.75, 3.05) is 25.5 Å². The van der Waals surface area contributed by atoms with Gasteiger partial charge >= 0.3 is 0 Å². The maximum atomic E-state index is 12.9. The molecule has 1 saturated heterocycles. The highest BCUT2D eigenvalue weighted by Gasteiger charge is 2.29. The van der Waals surface area contributed by atoms with E-state index >= 15 is 0 Å². The van der Waals surface area contributed by atoms with Crippen molar-refractivity contribution in [2.45, 2.75) is 13.3 Å². The first-order valence-electron chi connectivity index (χ1n) is 11.3. The first-order valence-corrected chi connectivity index (χ1v) is 12.1. The molecule has 1 N–H and O–H groups in total. The van der Waals surface area contributed by atoms with Gasteiger partial charge < -0.3 is 18.8 Å². The summed E-state index contributed by atoms with van der Waals surface area (Å²) in [5, 5.41) is 12.9. The summed E-state index contributed by atoms with van der Waals surface area (Å²) in [4.78, 5) is 30.9. The zero-order valence-corrected chi connectivity index (χ0v) is 20.4. The van der Waals surface area contributed by atoms with Crippen LogP contribution < -0.4 is 14.8 Å². The van der Waals surface area contributed by atoms with Crippen LogP contribution in [0.4, 0.5) is 5.13 Å². The normalized spacial score (nSPS) is 15.2. The van der Waals surface area contributed by atoms with Crippen molar-refractivity contribution in [3.8, 4) is 28.7 Å². The van der Waals surface area contributed by atoms with Crippen LogP contribution in [-0.2, 0) is 4.79 Å². The van der Waals surface area contributed by atoms with Gasteiger partial charge in [-0.3, -0.25) is 14.9 Å². The molecule has 5 rings (SSSR count). The van der Waals surface area contributed by atoms with Crippen LogP contribution in [0.2, 0.25) is 0 Å². The Labute approximate surface area is 210 Å². The molecule has 0 aliphatic carbocycles. The topological polar surface area (TPSA) is 120 Å². The van der Waals surface area contributed by atoms with Crippen LogP contribution in [-0.4, -0.2) is 52.1 Å². The highest BCUT2D eigenvalue weighted by molar-refractivity contribution is 7.13. The number of aryl methyl sites for hydroxylation is 1. The largest absolute Gasteiger partial charge is 0.493 e. The monoisotopic (exact) mass is 505 g/mol. The summed E-state index contributed by atoms with van der Waals surface area (Å²) >= 11 is 1.32. The van der Waals surface area contributed by atoms with Crippen molar-refractivity contribution in [2.24, 2.45) is 5.92 Å². The summed E-state index contributed by atoms with van der Waals surface area (Å²) < 4.78 is 17.4. The SMILES string of the molecule is Cc1nnc(-c2ccc(Oc3cc(OCC4CCN(C)C4=O)cc(C(=O)Nc4nccs4)c3)cc2)o1. The maximum Gasteiger partial charge on any atom is 0.257 e. The van der Waals surface area contributed by atoms with Gasteiger partial charge in [-0.15, -0.1) is 21.5 Å². The van der Waals surface area contributed by atoms with Gasteiger partial charge in [-0.2, -0.15) is 0 Å². The minimum Gasteiger partial charge on any atom is -0.493 e. The molecule has 1 aliphatic rings. The zero-order chi connectivity index (χ0) is 25.1. The second-order valence-corrected chi connectivity index (χ2v) is 9.19. The molecule has 2 aromatic carbocycles. The molecule has 1 fully saturated rings. The fourth-order valence-electron chi connectivity index (χ4n) is 3.76. The molecule has 184 valence electrons. The Morgan fingerprint density at radius 1 is 1.17 bits per heavy atom. The van der Waals surface area contributed by atoms with E-state index in [1.165, 1.54) is 11.3 Å². The van der Waals surface area contributed by atoms with Crippen molar-refractivity contribution in [3.63, 3.8) is 0 Å². The van der Waals surface area contributed by atoms with E-state index in [0.717, 1.165) is 12.0 Å². The second-order valence-electron chi connectivity index (χ2n) is 8.29. The highest BCUT2D eigenvalue weighted by Crippen LogP contribution is 2.30. The quantitative estimate of drug-likeness (QED) is 0.374. The number of carbonyl (C=O) groups excluding carboxylic acids is 2. The number of anilines is 1. The molecule has 1 atom stereocenters. The third kappa shape index (κ3) is 5.36. The average Bonchev–Trinajstić information content (AvgIpc) is 3.62. The Balaban J connectivity index is 1.36. The van der Waals surface area contributed by atoms with Crippen LogP contribution in [0.15, 0.2) is 58.5 Å². The summed E-state index contributed by atoms with van der Waals surface area (Å²) in [6.45, 7) is 2.65. The molecular weight excluding hydrogens is 482 g/mol. The van der Waals surface area contributed by atoms with Gasteiger partial charge in [0.15, 0.2) is 5.13 Å². The molecule has 10 nitrogen and oxygen atoms in total. The molecule has 36 heavy (non-hydrogen) atoms. The molecule has 0 saturated carbocycles. The molecule has 0 bridgehead atoms. The van der Waals surface area contributed by atoms with E-state index in [1.54, 1.807) is 72.9 Å². The number of nitrogens with one attached hydrogen (secondary N) is 1. The zero-order valence-electron chi connectivity index (χ0n) is 19.6. The summed E-state index contributed by atoms with van der Waals surface area (Å²) in [5.41, 5.74) is 1.10. The average molecular weight is 506 g/mol. The molecule has 2 aromatic heterocycles. The number of rotatable bonds is 8. The van der Waals surface area contributed by atoms with Gasteiger partial charge in [0.25, 0.3) is 5.91 Å². The maximum absolute atomic E-state index is 12.9. The predicted molar refractivity (Wildman–Crippen MR) is 132 cm³/mol. The fraction of sp³-hybridized carbons (Fsp3) is 0.240. The molecule has 2 amide bonds. The number of amides is 2. The van der Waals surface area contributed by atoms with E-state index in [9.17, 15) is 9.59 Å². The Kier molecular flexibility index (Phi) is 6.63. The van der Waals surface area contributed by atoms with E-state index in [1.807, 2.05) is 0 Å². The lowest BCUT2D eigenvalue weighted by atomic mass is 10.1. The first-order chi connectivity index (χ1) is 17.4. The molecular formula is C25H23N5O5S. The molecule has 1 aliphatic heterocycles. The van der Waals surface area contributed by atoms with Gasteiger partial charge in [0, 0.05) is 49.3 Å². The molecule has 0 radical (unpaired) electrons. The van der Waals surface area contributed by atoms with Crippen LogP contribution >= 0.6 is 11.3 Å². The number of thiazole rings is 1. The van der Waals surface area contributed by atoms with E-state index in [-0.39, 0.29) is 24.3 Å². The third-order valence-electron chi connectivity index (χ3n) is 5.65. The summed E-state index contributed by atoms with van der Waals surface area (Å²) in [7, 11) is 1.78. The van der Waals surface area contributed by atoms with Crippen molar-refractivity contribution in [1.29, 1.82) is 0 Å². The van der Waals surface area contributed by atoms with Crippen LogP contribution in [0.3, 0.4) is 0 Å². The molecule has 0 spiro atoms. The first kappa shape index (κ1) is 23.5. The lowest BCUT2D eigenvalue weighted by Crippen LogP contribution is -2.25.